The Morgan fingerprint density at radius 3 is 2.39 bits per heavy atom. The first-order valence-electron chi connectivity index (χ1n) is 11.4. The molecule has 0 amide bonds. The van der Waals surface area contributed by atoms with E-state index >= 15 is 0 Å². The topological polar surface area (TPSA) is 34.5 Å². The van der Waals surface area contributed by atoms with Gasteiger partial charge in [-0.1, -0.05) is 55.5 Å². The highest BCUT2D eigenvalue weighted by Gasteiger charge is 2.50. The van der Waals surface area contributed by atoms with Crippen molar-refractivity contribution in [3.63, 3.8) is 0 Å². The largest absolute Gasteiger partial charge is 0.484 e. The number of piperidine rings is 1. The first-order chi connectivity index (χ1) is 15.2. The zero-order valence-corrected chi connectivity index (χ0v) is 18.1. The maximum atomic E-state index is 13.0. The monoisotopic (exact) mass is 414 g/mol. The van der Waals surface area contributed by atoms with E-state index in [-0.39, 0.29) is 23.3 Å². The molecule has 2 atom stereocenters. The van der Waals surface area contributed by atoms with E-state index in [1.54, 1.807) is 0 Å². The van der Waals surface area contributed by atoms with Crippen molar-refractivity contribution in [1.82, 2.24) is 9.47 Å². The van der Waals surface area contributed by atoms with Crippen LogP contribution in [0.15, 0.2) is 79.1 Å². The van der Waals surface area contributed by atoms with Crippen molar-refractivity contribution < 1.29 is 9.53 Å². The second-order valence-electron chi connectivity index (χ2n) is 8.87. The Bertz CT molecular complexity index is 1020. The first-order valence-corrected chi connectivity index (χ1v) is 11.4. The zero-order valence-electron chi connectivity index (χ0n) is 18.1. The Hall–Kier alpha value is -2.85. The lowest BCUT2D eigenvalue weighted by molar-refractivity contribution is -0.00980. The average Bonchev–Trinajstić information content (AvgIpc) is 3.44. The van der Waals surface area contributed by atoms with Crippen molar-refractivity contribution in [2.75, 3.05) is 19.6 Å². The lowest BCUT2D eigenvalue weighted by Crippen LogP contribution is -2.51. The molecule has 160 valence electrons. The summed E-state index contributed by atoms with van der Waals surface area (Å²) < 4.78 is 8.95. The second-order valence-corrected chi connectivity index (χ2v) is 8.87. The van der Waals surface area contributed by atoms with E-state index in [4.69, 9.17) is 4.74 Å². The number of Topliss-reactive ketones (excluding diaryl/α,β-unsaturated/α-hetero) is 1. The predicted octanol–water partition coefficient (Wildman–Crippen LogP) is 5.21. The molecule has 3 aromatic rings. The highest BCUT2D eigenvalue weighted by Crippen LogP contribution is 2.50. The summed E-state index contributed by atoms with van der Waals surface area (Å²) in [7, 11) is 0. The Labute approximate surface area is 184 Å². The van der Waals surface area contributed by atoms with Gasteiger partial charge < -0.3 is 14.2 Å². The van der Waals surface area contributed by atoms with Gasteiger partial charge >= 0.3 is 0 Å². The molecule has 4 nitrogen and oxygen atoms in total. The molecular weight excluding hydrogens is 384 g/mol. The summed E-state index contributed by atoms with van der Waals surface area (Å²) in [5, 5.41) is 0. The summed E-state index contributed by atoms with van der Waals surface area (Å²) in [5.74, 6) is 1.32. The molecule has 3 heterocycles. The molecule has 4 heteroatoms. The maximum absolute atomic E-state index is 13.0. The summed E-state index contributed by atoms with van der Waals surface area (Å²) in [5.41, 5.74) is 1.88. The van der Waals surface area contributed by atoms with Gasteiger partial charge in [0.1, 0.15) is 17.4 Å². The number of rotatable bonds is 6. The van der Waals surface area contributed by atoms with Gasteiger partial charge in [-0.2, -0.15) is 0 Å². The first kappa shape index (κ1) is 20.1. The van der Waals surface area contributed by atoms with Crippen molar-refractivity contribution in [1.29, 1.82) is 0 Å². The molecule has 0 bridgehead atoms. The molecule has 5 rings (SSSR count). The summed E-state index contributed by atoms with van der Waals surface area (Å²) >= 11 is 0. The molecule has 1 spiro atoms. The number of para-hydroxylation sites is 1. The molecule has 1 aromatic heterocycles. The highest BCUT2D eigenvalue weighted by atomic mass is 16.5. The van der Waals surface area contributed by atoms with Crippen molar-refractivity contribution >= 4 is 5.78 Å². The van der Waals surface area contributed by atoms with E-state index in [1.165, 1.54) is 5.56 Å². The summed E-state index contributed by atoms with van der Waals surface area (Å²) in [6.07, 6.45) is 7.08. The molecule has 1 fully saturated rings. The Morgan fingerprint density at radius 1 is 1.00 bits per heavy atom. The molecule has 2 unspecified atom stereocenters. The number of fused-ring (bicyclic) bond motifs is 1. The smallest absolute Gasteiger partial charge is 0.167 e. The van der Waals surface area contributed by atoms with Gasteiger partial charge in [-0.05, 0) is 24.6 Å². The van der Waals surface area contributed by atoms with E-state index < -0.39 is 0 Å². The van der Waals surface area contributed by atoms with Crippen molar-refractivity contribution in [2.24, 2.45) is 5.92 Å². The van der Waals surface area contributed by atoms with Gasteiger partial charge in [0, 0.05) is 61.9 Å². The van der Waals surface area contributed by atoms with Crippen LogP contribution in [0.25, 0.3) is 0 Å². The molecule has 2 aliphatic heterocycles. The van der Waals surface area contributed by atoms with Crippen molar-refractivity contribution in [3.8, 4) is 5.75 Å². The fourth-order valence-corrected chi connectivity index (χ4v) is 5.35. The molecule has 0 saturated carbocycles. The highest BCUT2D eigenvalue weighted by molar-refractivity contribution is 5.97. The van der Waals surface area contributed by atoms with Crippen LogP contribution in [0.5, 0.6) is 5.75 Å². The Balaban J connectivity index is 1.31. The minimum Gasteiger partial charge on any atom is -0.484 e. The molecular formula is C27H30N2O2. The van der Waals surface area contributed by atoms with Gasteiger partial charge in [0.2, 0.25) is 0 Å². The number of hydrogen-bond donors (Lipinski definition) is 0. The standard InChI is InChI=1S/C27H30N2O2/c1-2-21(25(30)22-10-4-3-5-11-22)20-28-18-14-27(15-19-28)26(29-16-8-9-17-29)23-12-6-7-13-24(23)31-27/h3-13,16-17,21,26H,2,14-15,18-20H2,1H3. The normalized spacial score (nSPS) is 20.9. The fourth-order valence-electron chi connectivity index (χ4n) is 5.35. The molecule has 0 radical (unpaired) electrons. The van der Waals surface area contributed by atoms with Crippen LogP contribution in [0.3, 0.4) is 0 Å². The van der Waals surface area contributed by atoms with Crippen LogP contribution in [-0.2, 0) is 0 Å². The number of carbonyl (C=O) groups is 1. The van der Waals surface area contributed by atoms with E-state index in [1.807, 2.05) is 30.3 Å². The third-order valence-electron chi connectivity index (χ3n) is 7.05. The van der Waals surface area contributed by atoms with Crippen LogP contribution < -0.4 is 4.74 Å². The van der Waals surface area contributed by atoms with E-state index in [2.05, 4.69) is 65.2 Å². The SMILES string of the molecule is CCC(CN1CCC2(CC1)Oc1ccccc1C2n1cccc1)C(=O)c1ccccc1. The molecule has 2 aliphatic rings. The fraction of sp³-hybridized carbons (Fsp3) is 0.370. The maximum Gasteiger partial charge on any atom is 0.167 e. The van der Waals surface area contributed by atoms with Gasteiger partial charge in [0.25, 0.3) is 0 Å². The van der Waals surface area contributed by atoms with Crippen LogP contribution >= 0.6 is 0 Å². The van der Waals surface area contributed by atoms with Gasteiger partial charge in [-0.15, -0.1) is 0 Å². The zero-order chi connectivity index (χ0) is 21.3. The van der Waals surface area contributed by atoms with Crippen molar-refractivity contribution in [3.05, 3.63) is 90.3 Å². The summed E-state index contributed by atoms with van der Waals surface area (Å²) in [6.45, 7) is 4.84. The Kier molecular flexibility index (Phi) is 5.41. The average molecular weight is 415 g/mol. The molecule has 2 aromatic carbocycles. The van der Waals surface area contributed by atoms with Crippen LogP contribution in [0.1, 0.15) is 48.1 Å². The number of hydrogen-bond acceptors (Lipinski definition) is 3. The Morgan fingerprint density at radius 2 is 1.68 bits per heavy atom. The number of benzene rings is 2. The summed E-state index contributed by atoms with van der Waals surface area (Å²) in [6, 6.07) is 22.6. The molecule has 1 saturated heterocycles. The molecule has 0 N–H and O–H groups in total. The number of carbonyl (C=O) groups excluding carboxylic acids is 1. The number of nitrogens with zero attached hydrogens (tertiary/aromatic N) is 2. The minimum atomic E-state index is -0.218. The quantitative estimate of drug-likeness (QED) is 0.519. The van der Waals surface area contributed by atoms with Crippen LogP contribution in [0, 0.1) is 5.92 Å². The van der Waals surface area contributed by atoms with Crippen LogP contribution in [-0.4, -0.2) is 40.5 Å². The molecule has 0 aliphatic carbocycles. The van der Waals surface area contributed by atoms with Gasteiger partial charge in [-0.25, -0.2) is 0 Å². The number of ketones is 1. The van der Waals surface area contributed by atoms with Crippen molar-refractivity contribution in [2.45, 2.75) is 37.8 Å². The minimum absolute atomic E-state index is 0.0402. The number of likely N-dealkylation sites (tertiary alicyclic amines) is 1. The summed E-state index contributed by atoms with van der Waals surface area (Å²) in [4.78, 5) is 15.5. The molecule has 31 heavy (non-hydrogen) atoms. The van der Waals surface area contributed by atoms with Gasteiger partial charge in [0.05, 0.1) is 0 Å². The van der Waals surface area contributed by atoms with E-state index in [9.17, 15) is 4.79 Å². The third kappa shape index (κ3) is 3.70. The lowest BCUT2D eigenvalue weighted by Gasteiger charge is -2.43. The van der Waals surface area contributed by atoms with Crippen LogP contribution in [0.2, 0.25) is 0 Å². The number of aromatic nitrogens is 1. The predicted molar refractivity (Wildman–Crippen MR) is 123 cm³/mol. The lowest BCUT2D eigenvalue weighted by atomic mass is 9.82. The number of ether oxygens (including phenoxy) is 1. The van der Waals surface area contributed by atoms with Crippen LogP contribution in [0.4, 0.5) is 0 Å². The second kappa shape index (κ2) is 8.35. The van der Waals surface area contributed by atoms with E-state index in [0.29, 0.717) is 0 Å². The van der Waals surface area contributed by atoms with Gasteiger partial charge in [0.15, 0.2) is 5.78 Å². The third-order valence-corrected chi connectivity index (χ3v) is 7.05. The van der Waals surface area contributed by atoms with E-state index in [0.717, 1.165) is 50.2 Å². The van der Waals surface area contributed by atoms with Gasteiger partial charge in [-0.3, -0.25) is 4.79 Å².